The third-order valence-electron chi connectivity index (χ3n) is 9.54. The molecule has 0 spiro atoms. The van der Waals surface area contributed by atoms with Gasteiger partial charge in [0.2, 0.25) is 0 Å². The summed E-state index contributed by atoms with van der Waals surface area (Å²) < 4.78 is 5.46. The Balaban J connectivity index is 1.53. The molecule has 0 saturated heterocycles. The summed E-state index contributed by atoms with van der Waals surface area (Å²) in [7, 11) is 0. The van der Waals surface area contributed by atoms with Crippen molar-refractivity contribution in [3.8, 4) is 0 Å². The highest BCUT2D eigenvalue weighted by Gasteiger charge is 2.58. The lowest BCUT2D eigenvalue weighted by Gasteiger charge is -2.57. The van der Waals surface area contributed by atoms with Crippen LogP contribution in [0.2, 0.25) is 0 Å². The summed E-state index contributed by atoms with van der Waals surface area (Å²) in [5.74, 6) is 4.53. The molecule has 4 rings (SSSR count). The molecule has 4 aliphatic carbocycles. The van der Waals surface area contributed by atoms with E-state index in [2.05, 4.69) is 64.4 Å². The number of fused-ring (bicyclic) bond motifs is 5. The molecule has 0 amide bonds. The van der Waals surface area contributed by atoms with Gasteiger partial charge in [0.05, 0.1) is 0 Å². The number of nitrogens with one attached hydrogen (secondary N) is 1. The van der Waals surface area contributed by atoms with Crippen molar-refractivity contribution in [3.05, 3.63) is 35.8 Å². The Kier molecular flexibility index (Phi) is 6.18. The van der Waals surface area contributed by atoms with Gasteiger partial charge in [0.25, 0.3) is 0 Å². The van der Waals surface area contributed by atoms with Gasteiger partial charge in [0, 0.05) is 19.4 Å². The van der Waals surface area contributed by atoms with Crippen molar-refractivity contribution < 1.29 is 9.53 Å². The Labute approximate surface area is 189 Å². The molecular formula is C28H43NO2. The first-order chi connectivity index (χ1) is 14.6. The second-order valence-corrected chi connectivity index (χ2v) is 11.7. The lowest BCUT2D eigenvalue weighted by Crippen LogP contribution is -2.49. The van der Waals surface area contributed by atoms with E-state index in [0.717, 1.165) is 42.3 Å². The number of carbonyl (C=O) groups excluding carboxylic acids is 1. The zero-order chi connectivity index (χ0) is 22.4. The number of carbonyl (C=O) groups is 1. The number of esters is 1. The van der Waals surface area contributed by atoms with Gasteiger partial charge in [-0.15, -0.1) is 0 Å². The molecule has 2 unspecified atom stereocenters. The molecular weight excluding hydrogens is 382 g/mol. The van der Waals surface area contributed by atoms with Crippen LogP contribution >= 0.6 is 0 Å². The predicted molar refractivity (Wildman–Crippen MR) is 127 cm³/mol. The van der Waals surface area contributed by atoms with E-state index in [-0.39, 0.29) is 11.4 Å². The third-order valence-corrected chi connectivity index (χ3v) is 9.54. The van der Waals surface area contributed by atoms with Gasteiger partial charge < -0.3 is 10.1 Å². The summed E-state index contributed by atoms with van der Waals surface area (Å²) in [5.41, 5.74) is 2.15. The van der Waals surface area contributed by atoms with Gasteiger partial charge >= 0.3 is 5.97 Å². The van der Waals surface area contributed by atoms with Gasteiger partial charge in [0.15, 0.2) is 0 Å². The maximum atomic E-state index is 11.4. The van der Waals surface area contributed by atoms with Gasteiger partial charge in [-0.1, -0.05) is 32.9 Å². The monoisotopic (exact) mass is 425 g/mol. The van der Waals surface area contributed by atoms with Gasteiger partial charge in [0.1, 0.15) is 5.76 Å². The van der Waals surface area contributed by atoms with E-state index in [4.69, 9.17) is 4.74 Å². The Hall–Kier alpha value is -1.51. The van der Waals surface area contributed by atoms with Crippen molar-refractivity contribution in [3.63, 3.8) is 0 Å². The number of ether oxygens (including phenoxy) is 1. The molecule has 4 aliphatic rings. The number of allylic oxidation sites excluding steroid dienone is 5. The first-order valence-corrected chi connectivity index (χ1v) is 12.7. The Morgan fingerprint density at radius 1 is 1.16 bits per heavy atom. The highest BCUT2D eigenvalue weighted by Crippen LogP contribution is 2.67. The van der Waals surface area contributed by atoms with E-state index in [1.165, 1.54) is 44.6 Å². The van der Waals surface area contributed by atoms with Crippen LogP contribution in [0.4, 0.5) is 0 Å². The van der Waals surface area contributed by atoms with E-state index in [0.29, 0.717) is 17.4 Å². The lowest BCUT2D eigenvalue weighted by molar-refractivity contribution is -0.137. The number of hydrogen-bond donors (Lipinski definition) is 1. The first-order valence-electron chi connectivity index (χ1n) is 12.7. The Morgan fingerprint density at radius 2 is 1.94 bits per heavy atom. The fourth-order valence-electron chi connectivity index (χ4n) is 8.00. The van der Waals surface area contributed by atoms with Gasteiger partial charge in [-0.25, -0.2) is 0 Å². The van der Waals surface area contributed by atoms with Crippen molar-refractivity contribution in [2.75, 3.05) is 0 Å². The highest BCUT2D eigenvalue weighted by atomic mass is 16.5. The number of rotatable bonds is 5. The molecule has 3 heteroatoms. The second kappa shape index (κ2) is 8.45. The molecule has 0 bridgehead atoms. The molecule has 3 nitrogen and oxygen atoms in total. The molecule has 31 heavy (non-hydrogen) atoms. The van der Waals surface area contributed by atoms with Gasteiger partial charge in [-0.3, -0.25) is 4.79 Å². The maximum Gasteiger partial charge on any atom is 0.307 e. The average molecular weight is 426 g/mol. The van der Waals surface area contributed by atoms with Crippen molar-refractivity contribution in [2.45, 2.75) is 92.5 Å². The largest absolute Gasteiger partial charge is 0.431 e. The van der Waals surface area contributed by atoms with E-state index in [1.807, 2.05) is 0 Å². The lowest BCUT2D eigenvalue weighted by atomic mass is 9.47. The van der Waals surface area contributed by atoms with Crippen molar-refractivity contribution in [1.82, 2.24) is 5.32 Å². The highest BCUT2D eigenvalue weighted by molar-refractivity contribution is 5.67. The molecule has 0 aromatic rings. The first kappa shape index (κ1) is 22.7. The maximum absolute atomic E-state index is 11.4. The van der Waals surface area contributed by atoms with Crippen LogP contribution in [0.5, 0.6) is 0 Å². The summed E-state index contributed by atoms with van der Waals surface area (Å²) in [5, 5.41) is 3.46. The molecule has 2 fully saturated rings. The zero-order valence-corrected chi connectivity index (χ0v) is 20.5. The quantitative estimate of drug-likeness (QED) is 0.494. The molecule has 0 aromatic heterocycles. The van der Waals surface area contributed by atoms with Crippen molar-refractivity contribution in [1.29, 1.82) is 0 Å². The SMILES string of the molecule is CC(=O)OC1=CC2=CC[C@@H]3C(CC[C@@]4(C)C3CC[C@@H]4[C@H](C)/C=C/NC(C)C)[C@@]2(C)CC1. The fraction of sp³-hybridized carbons (Fsp3) is 0.750. The molecule has 0 aliphatic heterocycles. The summed E-state index contributed by atoms with van der Waals surface area (Å²) in [4.78, 5) is 11.4. The molecule has 7 atom stereocenters. The zero-order valence-electron chi connectivity index (χ0n) is 20.5. The second-order valence-electron chi connectivity index (χ2n) is 11.7. The van der Waals surface area contributed by atoms with Crippen LogP contribution < -0.4 is 5.32 Å². The Morgan fingerprint density at radius 3 is 2.65 bits per heavy atom. The van der Waals surface area contributed by atoms with Crippen molar-refractivity contribution in [2.24, 2.45) is 40.4 Å². The summed E-state index contributed by atoms with van der Waals surface area (Å²) in [6.07, 6.45) is 18.0. The summed E-state index contributed by atoms with van der Waals surface area (Å²) >= 11 is 0. The molecule has 1 N–H and O–H groups in total. The molecule has 0 aromatic carbocycles. The summed E-state index contributed by atoms with van der Waals surface area (Å²) in [6.45, 7) is 13.5. The molecule has 0 heterocycles. The summed E-state index contributed by atoms with van der Waals surface area (Å²) in [6, 6.07) is 0.501. The molecule has 172 valence electrons. The van der Waals surface area contributed by atoms with E-state index < -0.39 is 0 Å². The Bertz CT molecular complexity index is 793. The third kappa shape index (κ3) is 4.02. The normalized spacial score (nSPS) is 40.5. The fourth-order valence-corrected chi connectivity index (χ4v) is 8.00. The number of hydrogen-bond acceptors (Lipinski definition) is 3. The minimum Gasteiger partial charge on any atom is -0.431 e. The average Bonchev–Trinajstić information content (AvgIpc) is 3.05. The van der Waals surface area contributed by atoms with E-state index in [1.54, 1.807) is 0 Å². The smallest absolute Gasteiger partial charge is 0.307 e. The van der Waals surface area contributed by atoms with Crippen LogP contribution in [0.1, 0.15) is 86.5 Å². The van der Waals surface area contributed by atoms with Crippen LogP contribution in [0.15, 0.2) is 35.8 Å². The van der Waals surface area contributed by atoms with E-state index >= 15 is 0 Å². The topological polar surface area (TPSA) is 38.3 Å². The van der Waals surface area contributed by atoms with Crippen LogP contribution in [0.25, 0.3) is 0 Å². The van der Waals surface area contributed by atoms with Crippen LogP contribution in [0.3, 0.4) is 0 Å². The van der Waals surface area contributed by atoms with E-state index in [9.17, 15) is 4.79 Å². The van der Waals surface area contributed by atoms with Gasteiger partial charge in [-0.2, -0.15) is 0 Å². The predicted octanol–water partition coefficient (Wildman–Crippen LogP) is 6.77. The molecule has 2 saturated carbocycles. The van der Waals surface area contributed by atoms with Crippen LogP contribution in [-0.2, 0) is 9.53 Å². The van der Waals surface area contributed by atoms with Crippen molar-refractivity contribution >= 4 is 5.97 Å². The molecule has 0 radical (unpaired) electrons. The minimum atomic E-state index is -0.193. The van der Waals surface area contributed by atoms with Crippen LogP contribution in [-0.4, -0.2) is 12.0 Å². The minimum absolute atomic E-state index is 0.193. The standard InChI is InChI=1S/C28H43NO2/c1-18(2)29-16-13-19(3)24-9-10-25-23-8-7-21-17-22(31-20(4)30)11-14-27(21,5)26(23)12-15-28(24,25)6/h7,13,16-19,23-26,29H,8-12,14-15H2,1-6H3/b16-13+/t19-,23+,24-,25?,26?,27+,28-/m1/s1. The van der Waals surface area contributed by atoms with Crippen LogP contribution in [0, 0.1) is 40.4 Å². The van der Waals surface area contributed by atoms with Gasteiger partial charge in [-0.05, 0) is 111 Å².